The normalized spacial score (nSPS) is 13.3. The van der Waals surface area contributed by atoms with E-state index in [2.05, 4.69) is 61.7 Å². The van der Waals surface area contributed by atoms with E-state index in [1.54, 1.807) is 0 Å². The Labute approximate surface area is 155 Å². The number of fused-ring (bicyclic) bond motifs is 4. The van der Waals surface area contributed by atoms with Crippen molar-refractivity contribution < 1.29 is 0 Å². The zero-order chi connectivity index (χ0) is 18.4. The smallest absolute Gasteiger partial charge is 0.143 e. The molecule has 26 heavy (non-hydrogen) atoms. The van der Waals surface area contributed by atoms with Crippen LogP contribution in [0.25, 0.3) is 22.3 Å². The highest BCUT2D eigenvalue weighted by atomic mass is 15.1. The third-order valence-corrected chi connectivity index (χ3v) is 5.80. The van der Waals surface area contributed by atoms with Gasteiger partial charge in [0.2, 0.25) is 0 Å². The molecule has 1 aliphatic carbocycles. The van der Waals surface area contributed by atoms with Crippen molar-refractivity contribution in [2.75, 3.05) is 26.4 Å². The second-order valence-electron chi connectivity index (χ2n) is 7.73. The lowest BCUT2D eigenvalue weighted by molar-refractivity contribution is 0.387. The fraction of sp³-hybridized carbons (Fsp3) is 0.409. The quantitative estimate of drug-likeness (QED) is 0.776. The number of pyridine rings is 1. The summed E-state index contributed by atoms with van der Waals surface area (Å²) < 4.78 is 2.36. The van der Waals surface area contributed by atoms with Crippen LogP contribution in [0.5, 0.6) is 0 Å². The summed E-state index contributed by atoms with van der Waals surface area (Å²) in [7, 11) is 4.24. The van der Waals surface area contributed by atoms with E-state index in [1.165, 1.54) is 27.9 Å². The summed E-state index contributed by atoms with van der Waals surface area (Å²) in [6.45, 7) is 6.42. The number of nitrogens with zero attached hydrogens (tertiary/aromatic N) is 3. The highest BCUT2D eigenvalue weighted by Gasteiger charge is 2.24. The van der Waals surface area contributed by atoms with Crippen LogP contribution in [0.15, 0.2) is 24.3 Å². The van der Waals surface area contributed by atoms with Gasteiger partial charge >= 0.3 is 0 Å². The number of nitrogens with two attached hydrogens (primary N) is 1. The van der Waals surface area contributed by atoms with Crippen molar-refractivity contribution in [2.24, 2.45) is 0 Å². The van der Waals surface area contributed by atoms with Crippen LogP contribution in [0.3, 0.4) is 0 Å². The third kappa shape index (κ3) is 2.60. The maximum Gasteiger partial charge on any atom is 0.143 e. The molecular formula is C22H28N4. The molecule has 4 nitrogen and oxygen atoms in total. The standard InChI is InChI=1S/C22H28N4/c1-14-15(2)26(13-7-12-25(3)4)22-19(14)20(23)18-11-10-16-8-5-6-9-17(16)21(18)24-22/h5-6,8-9H,7,10-13H2,1-4H3,(H2,23,24). The summed E-state index contributed by atoms with van der Waals surface area (Å²) in [5.41, 5.74) is 16.2. The molecule has 2 aromatic heterocycles. The SMILES string of the molecule is Cc1c(C)n(CCCN(C)C)c2nc3c(c(N)c12)CCc1ccccc1-3. The van der Waals surface area contributed by atoms with E-state index in [0.717, 1.165) is 54.8 Å². The molecule has 0 saturated heterocycles. The van der Waals surface area contributed by atoms with E-state index in [9.17, 15) is 0 Å². The molecule has 3 aromatic rings. The number of hydrogen-bond acceptors (Lipinski definition) is 3. The molecule has 0 fully saturated rings. The van der Waals surface area contributed by atoms with Crippen LogP contribution in [-0.2, 0) is 19.4 Å². The fourth-order valence-electron chi connectivity index (χ4n) is 4.26. The Kier molecular flexibility index (Phi) is 4.23. The number of anilines is 1. The van der Waals surface area contributed by atoms with Gasteiger partial charge in [0.25, 0.3) is 0 Å². The average Bonchev–Trinajstić information content (AvgIpc) is 2.86. The van der Waals surface area contributed by atoms with Gasteiger partial charge in [0.15, 0.2) is 0 Å². The average molecular weight is 348 g/mol. The van der Waals surface area contributed by atoms with Crippen LogP contribution in [0.2, 0.25) is 0 Å². The number of rotatable bonds is 4. The minimum absolute atomic E-state index is 0.937. The topological polar surface area (TPSA) is 47.1 Å². The number of aryl methyl sites for hydroxylation is 3. The Morgan fingerprint density at radius 2 is 1.92 bits per heavy atom. The van der Waals surface area contributed by atoms with E-state index in [0.29, 0.717) is 0 Å². The zero-order valence-corrected chi connectivity index (χ0v) is 16.3. The van der Waals surface area contributed by atoms with E-state index < -0.39 is 0 Å². The predicted octanol–water partition coefficient (Wildman–Crippen LogP) is 3.95. The molecule has 0 atom stereocenters. The molecule has 0 aliphatic heterocycles. The van der Waals surface area contributed by atoms with Gasteiger partial charge in [-0.3, -0.25) is 0 Å². The van der Waals surface area contributed by atoms with E-state index in [-0.39, 0.29) is 0 Å². The maximum atomic E-state index is 6.70. The summed E-state index contributed by atoms with van der Waals surface area (Å²) in [5.74, 6) is 0. The second kappa shape index (κ2) is 6.44. The van der Waals surface area contributed by atoms with Crippen LogP contribution in [-0.4, -0.2) is 35.1 Å². The van der Waals surface area contributed by atoms with Gasteiger partial charge in [-0.05, 0) is 64.9 Å². The molecule has 1 aliphatic rings. The zero-order valence-electron chi connectivity index (χ0n) is 16.3. The van der Waals surface area contributed by atoms with E-state index >= 15 is 0 Å². The summed E-state index contributed by atoms with van der Waals surface area (Å²) in [4.78, 5) is 7.40. The lowest BCUT2D eigenvalue weighted by atomic mass is 9.87. The van der Waals surface area contributed by atoms with Gasteiger partial charge in [-0.2, -0.15) is 0 Å². The van der Waals surface area contributed by atoms with Crippen LogP contribution < -0.4 is 5.73 Å². The summed E-state index contributed by atoms with van der Waals surface area (Å²) >= 11 is 0. The molecule has 2 heterocycles. The second-order valence-corrected chi connectivity index (χ2v) is 7.73. The molecule has 0 amide bonds. The lowest BCUT2D eigenvalue weighted by Crippen LogP contribution is -2.16. The molecule has 136 valence electrons. The van der Waals surface area contributed by atoms with Crippen molar-refractivity contribution in [3.8, 4) is 11.3 Å². The van der Waals surface area contributed by atoms with Gasteiger partial charge < -0.3 is 15.2 Å². The molecule has 2 N–H and O–H groups in total. The molecule has 0 unspecified atom stereocenters. The molecule has 0 spiro atoms. The summed E-state index contributed by atoms with van der Waals surface area (Å²) in [5, 5.41) is 1.16. The van der Waals surface area contributed by atoms with Crippen LogP contribution in [0.4, 0.5) is 5.69 Å². The van der Waals surface area contributed by atoms with Crippen LogP contribution >= 0.6 is 0 Å². The monoisotopic (exact) mass is 348 g/mol. The first-order valence-corrected chi connectivity index (χ1v) is 9.49. The van der Waals surface area contributed by atoms with Crippen LogP contribution in [0, 0.1) is 13.8 Å². The number of benzene rings is 1. The first kappa shape index (κ1) is 17.1. The highest BCUT2D eigenvalue weighted by molar-refractivity contribution is 5.98. The fourth-order valence-corrected chi connectivity index (χ4v) is 4.26. The van der Waals surface area contributed by atoms with E-state index in [1.807, 2.05) is 0 Å². The Hall–Kier alpha value is -2.33. The summed E-state index contributed by atoms with van der Waals surface area (Å²) in [6.07, 6.45) is 3.12. The minimum atomic E-state index is 0.937. The molecule has 0 radical (unpaired) electrons. The summed E-state index contributed by atoms with van der Waals surface area (Å²) in [6, 6.07) is 8.62. The molecule has 4 rings (SSSR count). The van der Waals surface area contributed by atoms with Gasteiger partial charge in [0.1, 0.15) is 5.65 Å². The molecule has 1 aromatic carbocycles. The number of aromatic nitrogens is 2. The molecule has 4 heteroatoms. The van der Waals surface area contributed by atoms with Crippen molar-refractivity contribution in [2.45, 2.75) is 39.7 Å². The highest BCUT2D eigenvalue weighted by Crippen LogP contribution is 2.40. The largest absolute Gasteiger partial charge is 0.398 e. The van der Waals surface area contributed by atoms with Crippen molar-refractivity contribution in [3.63, 3.8) is 0 Å². The van der Waals surface area contributed by atoms with Crippen molar-refractivity contribution in [1.29, 1.82) is 0 Å². The third-order valence-electron chi connectivity index (χ3n) is 5.80. The van der Waals surface area contributed by atoms with Gasteiger partial charge in [0.05, 0.1) is 5.69 Å². The molecule has 0 bridgehead atoms. The Balaban J connectivity index is 1.91. The first-order chi connectivity index (χ1) is 12.5. The Morgan fingerprint density at radius 1 is 1.15 bits per heavy atom. The van der Waals surface area contributed by atoms with Crippen molar-refractivity contribution in [3.05, 3.63) is 46.6 Å². The van der Waals surface area contributed by atoms with Crippen molar-refractivity contribution >= 4 is 16.7 Å². The number of nitrogen functional groups attached to an aromatic ring is 1. The Morgan fingerprint density at radius 3 is 2.69 bits per heavy atom. The minimum Gasteiger partial charge on any atom is -0.398 e. The van der Waals surface area contributed by atoms with Gasteiger partial charge in [0, 0.05) is 34.4 Å². The van der Waals surface area contributed by atoms with Gasteiger partial charge in [-0.25, -0.2) is 4.98 Å². The maximum absolute atomic E-state index is 6.70. The Bertz CT molecular complexity index is 982. The van der Waals surface area contributed by atoms with Gasteiger partial charge in [-0.15, -0.1) is 0 Å². The predicted molar refractivity (Wildman–Crippen MR) is 110 cm³/mol. The molecular weight excluding hydrogens is 320 g/mol. The van der Waals surface area contributed by atoms with Crippen molar-refractivity contribution in [1.82, 2.24) is 14.5 Å². The van der Waals surface area contributed by atoms with Gasteiger partial charge in [-0.1, -0.05) is 24.3 Å². The molecule has 0 saturated carbocycles. The van der Waals surface area contributed by atoms with Crippen LogP contribution in [0.1, 0.15) is 28.8 Å². The lowest BCUT2D eigenvalue weighted by Gasteiger charge is -2.21. The van der Waals surface area contributed by atoms with E-state index in [4.69, 9.17) is 10.7 Å². The first-order valence-electron chi connectivity index (χ1n) is 9.49. The number of hydrogen-bond donors (Lipinski definition) is 1.